The van der Waals surface area contributed by atoms with Crippen molar-refractivity contribution in [3.8, 4) is 0 Å². The second-order valence-electron chi connectivity index (χ2n) is 25.6. The Hall–Kier alpha value is -12.5. The molecule has 36 heteroatoms. The summed E-state index contributed by atoms with van der Waals surface area (Å²) < 4.78 is 33.1. The second-order valence-corrected chi connectivity index (χ2v) is 35.3. The molecular formula is C84H86O30Si6. The fourth-order valence-electron chi connectivity index (χ4n) is 10.1. The summed E-state index contributed by atoms with van der Waals surface area (Å²) in [6.45, 7) is 17.0. The van der Waals surface area contributed by atoms with Gasteiger partial charge in [-0.3, -0.25) is 0 Å². The third kappa shape index (κ3) is 35.0. The Morgan fingerprint density at radius 1 is 0.233 bits per heavy atom. The predicted molar refractivity (Wildman–Crippen MR) is 438 cm³/mol. The summed E-state index contributed by atoms with van der Waals surface area (Å²) in [6, 6.07) is 36.9. The van der Waals surface area contributed by atoms with Crippen molar-refractivity contribution < 1.29 is 145 Å². The monoisotopic (exact) mass is 1740 g/mol. The Morgan fingerprint density at radius 2 is 0.392 bits per heavy atom. The van der Waals surface area contributed by atoms with Crippen molar-refractivity contribution >= 4 is 161 Å². The van der Waals surface area contributed by atoms with Crippen molar-refractivity contribution in [2.45, 2.75) is 95.9 Å². The Morgan fingerprint density at radius 3 is 0.558 bits per heavy atom. The van der Waals surface area contributed by atoms with E-state index in [0.29, 0.717) is 19.0 Å². The molecule has 6 aromatic carbocycles. The zero-order chi connectivity index (χ0) is 87.5. The number of allylic oxidation sites excluding steroid dienone is 12. The number of hydrogen-bond acceptors (Lipinski definition) is 30. The van der Waals surface area contributed by atoms with Gasteiger partial charge in [-0.25, -0.2) is 87.4 Å². The van der Waals surface area contributed by atoms with E-state index in [1.165, 1.54) is 72.8 Å². The summed E-state index contributed by atoms with van der Waals surface area (Å²) in [5, 5.41) is 11.5. The molecule has 0 bridgehead atoms. The van der Waals surface area contributed by atoms with E-state index in [4.69, 9.17) is 87.1 Å². The van der Waals surface area contributed by atoms with Gasteiger partial charge in [-0.2, -0.15) is 28.8 Å². The summed E-state index contributed by atoms with van der Waals surface area (Å²) in [5.74, 6) is -13.5. The Labute approximate surface area is 707 Å². The van der Waals surface area contributed by atoms with Crippen molar-refractivity contribution in [3.05, 3.63) is 247 Å². The van der Waals surface area contributed by atoms with E-state index in [-0.39, 0.29) is 71.5 Å². The molecule has 30 nitrogen and oxygen atoms in total. The average molecular weight is 1740 g/mol. The maximum absolute atomic E-state index is 14.0. The molecule has 0 N–H and O–H groups in total. The number of carbonyl (C=O) groups excluding carboxylic acids is 12. The molecule has 0 spiro atoms. The Balaban J connectivity index is 1.42. The van der Waals surface area contributed by atoms with Crippen molar-refractivity contribution in [2.24, 2.45) is 23.7 Å². The lowest BCUT2D eigenvalue weighted by molar-refractivity contribution is -0.212. The quantitative estimate of drug-likeness (QED) is 0.0117. The molecule has 0 aromatic heterocycles. The van der Waals surface area contributed by atoms with Crippen LogP contribution in [0.25, 0.3) is 0 Å². The van der Waals surface area contributed by atoms with E-state index in [1.54, 1.807) is 72.8 Å². The van der Waals surface area contributed by atoms with Gasteiger partial charge < -0.3 is 28.4 Å². The van der Waals surface area contributed by atoms with E-state index in [9.17, 15) is 57.5 Å². The molecule has 0 heterocycles. The van der Waals surface area contributed by atoms with Crippen LogP contribution in [-0.2, 0) is 87.1 Å². The first-order chi connectivity index (χ1) is 57.6. The third-order valence-electron chi connectivity index (χ3n) is 17.3. The molecule has 626 valence electrons. The number of ether oxygens (including phenoxy) is 6. The van der Waals surface area contributed by atoms with Crippen LogP contribution in [0.5, 0.6) is 0 Å². The van der Waals surface area contributed by atoms with Crippen molar-refractivity contribution in [3.63, 3.8) is 0 Å². The van der Waals surface area contributed by atoms with Crippen LogP contribution in [0.4, 0.5) is 28.8 Å². The average Bonchev–Trinajstić information content (AvgIpc) is 0.839. The van der Waals surface area contributed by atoms with Gasteiger partial charge in [-0.1, -0.05) is 172 Å². The van der Waals surface area contributed by atoms with Gasteiger partial charge in [0, 0.05) is 23.7 Å². The van der Waals surface area contributed by atoms with Crippen LogP contribution in [0.1, 0.15) is 158 Å². The molecule has 4 unspecified atom stereocenters. The minimum absolute atomic E-state index is 0.0300. The molecule has 0 saturated carbocycles. The third-order valence-corrected chi connectivity index (χ3v) is 25.1. The molecule has 12 radical (unpaired) electrons. The van der Waals surface area contributed by atoms with Crippen LogP contribution in [-0.4, -0.2) is 170 Å². The molecule has 0 fully saturated rings. The van der Waals surface area contributed by atoms with Crippen molar-refractivity contribution in [1.29, 1.82) is 0 Å². The van der Waals surface area contributed by atoms with Gasteiger partial charge in [0.15, 0.2) is 0 Å². The Bertz CT molecular complexity index is 4380. The molecule has 0 amide bonds. The van der Waals surface area contributed by atoms with Crippen molar-refractivity contribution in [1.82, 2.24) is 0 Å². The summed E-state index contributed by atoms with van der Waals surface area (Å²) in [6.07, 6.45) is 0.118. The molecule has 0 aliphatic rings. The minimum atomic E-state index is -1.76. The zero-order valence-corrected chi connectivity index (χ0v) is 73.5. The lowest BCUT2D eigenvalue weighted by atomic mass is 9.74. The number of benzene rings is 6. The summed E-state index contributed by atoms with van der Waals surface area (Å²) in [4.78, 5) is 220. The highest BCUT2D eigenvalue weighted by molar-refractivity contribution is 6.63. The second kappa shape index (κ2) is 51.6. The van der Waals surface area contributed by atoms with Crippen LogP contribution in [0.15, 0.2) is 213 Å². The van der Waals surface area contributed by atoms with Crippen LogP contribution < -0.4 is 31.1 Å². The van der Waals surface area contributed by atoms with E-state index < -0.39 is 149 Å². The van der Waals surface area contributed by atoms with Gasteiger partial charge in [0.2, 0.25) is 0 Å². The normalized spacial score (nSPS) is 12.7. The van der Waals surface area contributed by atoms with E-state index in [0.717, 1.165) is 62.3 Å². The molecule has 6 rings (SSSR count). The molecule has 4 atom stereocenters. The largest absolute Gasteiger partial charge is 0.549 e. The van der Waals surface area contributed by atoms with Crippen LogP contribution in [0, 0.1) is 23.7 Å². The molecule has 6 aromatic rings. The maximum atomic E-state index is 14.0. The van der Waals surface area contributed by atoms with E-state index >= 15 is 0 Å². The summed E-state index contributed by atoms with van der Waals surface area (Å²) in [7, 11) is 1.63. The molecule has 0 aliphatic carbocycles. The standard InChI is InChI=1S/C84H86O30Si6/c1-13-51(7)115-65-31-19-57(20-32-65)73(85)103-109-79(91)97-45-43-63(47-99-81(93)111-105-75(87)59-23-35-67(36-24-59)117-53(9)15-3)71(49-101-83(95)113-107-77(89)61-27-39-69(40-28-61)119-55(11)17-5)72(50-102-84(96)114-108-78(90)62-29-41-70(42-30-62)120-56(12)18-6)64(48-100-82(94)112-106-76(88)60-25-37-68(38-26-60)118-54(10)16-4)44-46-98-80(92)110-104-74(86)58-21-33-66(34-22-58)116-52(8)14-2/h13-42,63-64,71-72H,43-50H2,1-12H3/b51-13+,52-14+,53-15+,54-16+,55-17+,56-18+. The lowest BCUT2D eigenvalue weighted by Crippen LogP contribution is -2.41. The van der Waals surface area contributed by atoms with E-state index in [2.05, 4.69) is 0 Å². The SMILES string of the molecule is C/C=C(\C)[Si]c1ccc(C(=O)OOC(=O)OCCC(COC(=O)OOC(=O)c2ccc([Si]/C(C)=C/C)cc2)C(COC(=O)OOC(=O)c2ccc([Si]/C(C)=C/C)cc2)C(COC(=O)OOC(=O)c2ccc([Si]/C(C)=C/C)cc2)C(CCOC(=O)OOC(=O)c2ccc([Si]/C(C)=C/C)cc2)COC(=O)OOC(=O)c2ccc([Si]/C(C)=C/C)cc2)cc1. The van der Waals surface area contributed by atoms with Gasteiger partial charge in [0.05, 0.1) is 73.0 Å². The van der Waals surface area contributed by atoms with Crippen LogP contribution >= 0.6 is 0 Å². The van der Waals surface area contributed by atoms with Crippen molar-refractivity contribution in [2.75, 3.05) is 39.6 Å². The highest BCUT2D eigenvalue weighted by atomic mass is 28.2. The first-order valence-electron chi connectivity index (χ1n) is 36.9. The topological polar surface area (TPSA) is 371 Å². The summed E-state index contributed by atoms with van der Waals surface area (Å²) in [5.41, 5.74) is -0.351. The van der Waals surface area contributed by atoms with Crippen LogP contribution in [0.2, 0.25) is 0 Å². The molecule has 0 aliphatic heterocycles. The van der Waals surface area contributed by atoms with Gasteiger partial charge in [-0.05, 0) is 169 Å². The summed E-state index contributed by atoms with van der Waals surface area (Å²) >= 11 is 0. The smallest absolute Gasteiger partial charge is 0.432 e. The number of carbonyl (C=O) groups is 12. The molecule has 0 saturated heterocycles. The molecular weight excluding hydrogens is 1660 g/mol. The number of hydrogen-bond donors (Lipinski definition) is 0. The zero-order valence-electron chi connectivity index (χ0n) is 67.5. The highest BCUT2D eigenvalue weighted by Gasteiger charge is 2.40. The van der Waals surface area contributed by atoms with Gasteiger partial charge in [0.25, 0.3) is 0 Å². The molecule has 120 heavy (non-hydrogen) atoms. The van der Waals surface area contributed by atoms with Gasteiger partial charge in [0.1, 0.15) is 57.1 Å². The first-order valence-corrected chi connectivity index (χ1v) is 42.9. The minimum Gasteiger partial charge on any atom is -0.432 e. The van der Waals surface area contributed by atoms with Gasteiger partial charge >= 0.3 is 72.7 Å². The predicted octanol–water partition coefficient (Wildman–Crippen LogP) is 11.3. The maximum Gasteiger partial charge on any atom is 0.549 e. The van der Waals surface area contributed by atoms with Gasteiger partial charge in [-0.15, -0.1) is 0 Å². The number of rotatable bonds is 35. The fraction of sp³-hybridized carbons (Fsp3) is 0.286. The Kier molecular flexibility index (Phi) is 41.5. The van der Waals surface area contributed by atoms with Crippen LogP contribution in [0.3, 0.4) is 0 Å². The fourth-order valence-corrected chi connectivity index (χ4v) is 15.7. The first kappa shape index (κ1) is 96.3. The highest BCUT2D eigenvalue weighted by Crippen LogP contribution is 2.35. The lowest BCUT2D eigenvalue weighted by Gasteiger charge is -2.36. The van der Waals surface area contributed by atoms with E-state index in [1.807, 2.05) is 120 Å².